The van der Waals surface area contributed by atoms with Gasteiger partial charge in [-0.05, 0) is 0 Å². The van der Waals surface area contributed by atoms with Gasteiger partial charge in [0.2, 0.25) is 3.79 Å². The first-order chi connectivity index (χ1) is 13.6. The Hall–Kier alpha value is 0.138. The van der Waals surface area contributed by atoms with Gasteiger partial charge in [-0.3, -0.25) is 0 Å². The van der Waals surface area contributed by atoms with E-state index in [1.807, 2.05) is 36.4 Å². The molecule has 0 saturated carbocycles. The maximum absolute atomic E-state index is 8.05. The number of hydrogen-bond donors (Lipinski definition) is 2. The molecule has 0 atom stereocenters. The van der Waals surface area contributed by atoms with Crippen molar-refractivity contribution < 1.29 is 10.2 Å². The minimum atomic E-state index is -2.08. The summed E-state index contributed by atoms with van der Waals surface area (Å²) >= 11 is 30.7. The molecule has 0 heterocycles. The first-order valence-corrected chi connectivity index (χ1v) is 14.2. The third-order valence-corrected chi connectivity index (χ3v) is 11.9. The Kier molecular flexibility index (Phi) is 10.2. The quantitative estimate of drug-likeness (QED) is 0.250. The van der Waals surface area contributed by atoms with Gasteiger partial charge in [0.1, 0.15) is 0 Å². The van der Waals surface area contributed by atoms with Crippen LogP contribution in [0.1, 0.15) is 0 Å². The van der Waals surface area contributed by atoms with Gasteiger partial charge < -0.3 is 10.2 Å². The van der Waals surface area contributed by atoms with E-state index in [1.54, 1.807) is 0 Å². The second kappa shape index (κ2) is 11.7. The van der Waals surface area contributed by atoms with Gasteiger partial charge in [-0.2, -0.15) is 0 Å². The molecule has 2 N–H and O–H groups in total. The summed E-state index contributed by atoms with van der Waals surface area (Å²) in [6.45, 7) is 0. The van der Waals surface area contributed by atoms with Crippen LogP contribution in [0.5, 0.6) is 0 Å². The summed E-state index contributed by atoms with van der Waals surface area (Å²) in [7, 11) is 0. The Bertz CT molecular complexity index is 786. The molecule has 0 aliphatic rings. The van der Waals surface area contributed by atoms with Gasteiger partial charge in [-0.1, -0.05) is 34.8 Å². The Morgan fingerprint density at radius 3 is 0.931 bits per heavy atom. The van der Waals surface area contributed by atoms with Crippen LogP contribution in [-0.4, -0.2) is 40.5 Å². The zero-order valence-electron chi connectivity index (χ0n) is 14.6. The van der Waals surface area contributed by atoms with Crippen molar-refractivity contribution in [2.24, 2.45) is 0 Å². The number of rotatable bonds is 3. The summed E-state index contributed by atoms with van der Waals surface area (Å²) in [6, 6.07) is 24.5. The summed E-state index contributed by atoms with van der Waals surface area (Å²) in [6.07, 6.45) is -1.91. The van der Waals surface area contributed by atoms with Crippen molar-refractivity contribution in [3.8, 4) is 0 Å². The number of aliphatic hydroxyl groups excluding tert-OH is 1. The summed E-state index contributed by atoms with van der Waals surface area (Å²) in [4.78, 5) is 0. The number of alkyl halides is 3. The van der Waals surface area contributed by atoms with Gasteiger partial charge in [-0.25, -0.2) is 0 Å². The minimum Gasteiger partial charge on any atom is -0.365 e. The molecule has 0 saturated heterocycles. The molecular formula is C20H15Cl6O2Sb. The fourth-order valence-electron chi connectivity index (χ4n) is 2.22. The van der Waals surface area contributed by atoms with Crippen molar-refractivity contribution in [2.45, 2.75) is 10.1 Å². The molecule has 3 aromatic rings. The predicted octanol–water partition coefficient (Wildman–Crippen LogP) is 4.83. The summed E-state index contributed by atoms with van der Waals surface area (Å²) in [5.41, 5.74) is 0. The van der Waals surface area contributed by atoms with Crippen LogP contribution in [0, 0.1) is 0 Å². The minimum absolute atomic E-state index is 0.761. The Balaban J connectivity index is 0.000000370. The van der Waals surface area contributed by atoms with Gasteiger partial charge in [0, 0.05) is 0 Å². The second-order valence-electron chi connectivity index (χ2n) is 5.68. The van der Waals surface area contributed by atoms with Crippen molar-refractivity contribution in [1.82, 2.24) is 0 Å². The van der Waals surface area contributed by atoms with Crippen LogP contribution in [0.3, 0.4) is 0 Å². The SMILES string of the molecule is Clc1cc[c]([Sb]([c]2ccc(Cl)cc2)[c]2ccc(Cl)cc2)cc1.OC(O)C(Cl)(Cl)Cl. The van der Waals surface area contributed by atoms with Crippen molar-refractivity contribution in [3.63, 3.8) is 0 Å². The zero-order valence-corrected chi connectivity index (χ0v) is 21.7. The standard InChI is InChI=1S/3C6H4Cl.C2H3Cl3O2.Sb/c3*7-6-4-2-1-3-5-6;3-2(4,5)1(6)7;/h3*2-5H;1,6-7H;. The number of aliphatic hydroxyl groups is 2. The molecule has 0 aliphatic carbocycles. The number of hydrogen-bond acceptors (Lipinski definition) is 2. The molecule has 0 spiro atoms. The van der Waals surface area contributed by atoms with E-state index in [-0.39, 0.29) is 0 Å². The van der Waals surface area contributed by atoms with Crippen LogP contribution < -0.4 is 10.5 Å². The average Bonchev–Trinajstić information content (AvgIpc) is 2.66. The zero-order chi connectivity index (χ0) is 21.6. The van der Waals surface area contributed by atoms with Crippen LogP contribution in [0.25, 0.3) is 0 Å². The Morgan fingerprint density at radius 2 is 0.759 bits per heavy atom. The molecule has 3 rings (SSSR count). The Labute approximate surface area is 206 Å². The summed E-state index contributed by atoms with van der Waals surface area (Å²) in [5, 5.41) is 18.4. The van der Waals surface area contributed by atoms with E-state index in [2.05, 4.69) is 36.4 Å². The molecular weight excluding hydrogens is 607 g/mol. The summed E-state index contributed by atoms with van der Waals surface area (Å²) < 4.78 is 2.10. The molecule has 0 aromatic heterocycles. The maximum atomic E-state index is 8.05. The van der Waals surface area contributed by atoms with Crippen molar-refractivity contribution >= 4 is 100 Å². The molecule has 0 radical (unpaired) electrons. The third-order valence-electron chi connectivity index (χ3n) is 3.55. The predicted molar refractivity (Wildman–Crippen MR) is 128 cm³/mol. The average molecular weight is 622 g/mol. The van der Waals surface area contributed by atoms with Gasteiger partial charge >= 0.3 is 153 Å². The molecule has 0 amide bonds. The van der Waals surface area contributed by atoms with Crippen molar-refractivity contribution in [1.29, 1.82) is 0 Å². The van der Waals surface area contributed by atoms with E-state index in [0.717, 1.165) is 15.1 Å². The van der Waals surface area contributed by atoms with Crippen LogP contribution in [0.4, 0.5) is 0 Å². The monoisotopic (exact) mass is 618 g/mol. The van der Waals surface area contributed by atoms with E-state index < -0.39 is 30.3 Å². The van der Waals surface area contributed by atoms with Crippen molar-refractivity contribution in [2.75, 3.05) is 0 Å². The first kappa shape index (κ1) is 25.4. The topological polar surface area (TPSA) is 40.5 Å². The second-order valence-corrected chi connectivity index (χ2v) is 15.7. The van der Waals surface area contributed by atoms with Crippen LogP contribution in [0.15, 0.2) is 72.8 Å². The molecule has 154 valence electrons. The van der Waals surface area contributed by atoms with Gasteiger partial charge in [-0.15, -0.1) is 0 Å². The molecule has 9 heteroatoms. The van der Waals surface area contributed by atoms with Crippen LogP contribution >= 0.6 is 69.6 Å². The molecule has 0 aliphatic heterocycles. The van der Waals surface area contributed by atoms with Crippen LogP contribution in [0.2, 0.25) is 15.1 Å². The van der Waals surface area contributed by atoms with Crippen molar-refractivity contribution in [3.05, 3.63) is 87.9 Å². The number of halogens is 6. The maximum Gasteiger partial charge on any atom is 0.240 e. The number of benzene rings is 3. The smallest absolute Gasteiger partial charge is 0.240 e. The van der Waals surface area contributed by atoms with Gasteiger partial charge in [0.05, 0.1) is 0 Å². The molecule has 0 bridgehead atoms. The molecule has 3 aromatic carbocycles. The Morgan fingerprint density at radius 1 is 0.552 bits per heavy atom. The summed E-state index contributed by atoms with van der Waals surface area (Å²) in [5.74, 6) is 0. The van der Waals surface area contributed by atoms with E-state index in [9.17, 15) is 0 Å². The fraction of sp³-hybridized carbons (Fsp3) is 0.100. The molecule has 2 nitrogen and oxygen atoms in total. The van der Waals surface area contributed by atoms with E-state index >= 15 is 0 Å². The van der Waals surface area contributed by atoms with Crippen LogP contribution in [-0.2, 0) is 0 Å². The fourth-order valence-corrected chi connectivity index (χ4v) is 8.98. The third kappa shape index (κ3) is 8.30. The largest absolute Gasteiger partial charge is 0.365 e. The van der Waals surface area contributed by atoms with E-state index in [4.69, 9.17) is 79.8 Å². The normalized spacial score (nSPS) is 11.4. The van der Waals surface area contributed by atoms with E-state index in [1.165, 1.54) is 10.5 Å². The molecule has 0 fully saturated rings. The van der Waals surface area contributed by atoms with E-state index in [0.29, 0.717) is 0 Å². The van der Waals surface area contributed by atoms with Gasteiger partial charge in [0.15, 0.2) is 6.29 Å². The van der Waals surface area contributed by atoms with Gasteiger partial charge in [0.25, 0.3) is 0 Å². The molecule has 0 unspecified atom stereocenters. The first-order valence-electron chi connectivity index (χ1n) is 8.07. The molecule has 29 heavy (non-hydrogen) atoms.